The lowest BCUT2D eigenvalue weighted by Gasteiger charge is -2.28. The van der Waals surface area contributed by atoms with Crippen LogP contribution in [0.5, 0.6) is 0 Å². The fourth-order valence-electron chi connectivity index (χ4n) is 3.80. The van der Waals surface area contributed by atoms with Gasteiger partial charge in [0.1, 0.15) is 5.82 Å². The number of likely N-dealkylation sites (tertiary alicyclic amines) is 1. The molecule has 1 N–H and O–H groups in total. The van der Waals surface area contributed by atoms with E-state index in [1.165, 1.54) is 18.2 Å². The number of carbonyl (C=O) groups is 2. The molecule has 7 heteroatoms. The van der Waals surface area contributed by atoms with E-state index in [-0.39, 0.29) is 28.5 Å². The second-order valence-corrected chi connectivity index (χ2v) is 7.71. The Bertz CT molecular complexity index is 720. The van der Waals surface area contributed by atoms with E-state index in [0.717, 1.165) is 13.0 Å². The van der Waals surface area contributed by atoms with Gasteiger partial charge in [-0.15, -0.1) is 0 Å². The highest BCUT2D eigenvalue weighted by molar-refractivity contribution is 6.33. The maximum Gasteiger partial charge on any atom is 0.256 e. The molecule has 3 rings (SSSR count). The molecule has 0 bridgehead atoms. The van der Waals surface area contributed by atoms with E-state index >= 15 is 0 Å². The second-order valence-electron chi connectivity index (χ2n) is 7.31. The summed E-state index contributed by atoms with van der Waals surface area (Å²) in [7, 11) is 1.94. The molecule has 2 heterocycles. The van der Waals surface area contributed by atoms with Gasteiger partial charge in [-0.3, -0.25) is 9.59 Å². The van der Waals surface area contributed by atoms with Crippen LogP contribution in [0, 0.1) is 11.7 Å². The summed E-state index contributed by atoms with van der Waals surface area (Å²) in [6.07, 6.45) is 6.39. The number of halogens is 2. The van der Waals surface area contributed by atoms with Crippen molar-refractivity contribution in [3.63, 3.8) is 0 Å². The molecule has 0 aliphatic carbocycles. The van der Waals surface area contributed by atoms with Gasteiger partial charge in [0.05, 0.1) is 16.5 Å². The Balaban J connectivity index is 1.63. The third-order valence-corrected chi connectivity index (χ3v) is 5.49. The molecular weight excluding hydrogens is 369 g/mol. The third-order valence-electron chi connectivity index (χ3n) is 5.17. The van der Waals surface area contributed by atoms with Gasteiger partial charge in [0.2, 0.25) is 5.91 Å². The van der Waals surface area contributed by atoms with Crippen molar-refractivity contribution >= 4 is 23.4 Å². The van der Waals surface area contributed by atoms with Gasteiger partial charge < -0.3 is 15.1 Å². The Morgan fingerprint density at radius 2 is 2.04 bits per heavy atom. The van der Waals surface area contributed by atoms with Crippen molar-refractivity contribution in [1.29, 1.82) is 0 Å². The molecule has 1 saturated heterocycles. The minimum absolute atomic E-state index is 0.0829. The Labute approximate surface area is 164 Å². The van der Waals surface area contributed by atoms with E-state index in [1.807, 2.05) is 18.0 Å². The standard InChI is InChI=1S/C20H25ClFN3O2/c1-24-12-14(20(27)25-10-3-2-4-11-25)8-9-15(13-24)23-19(26)18-16(21)6-5-7-17(18)22/h2-3,5-7,14-15H,4,8-13H2,1H3,(H,23,26)/t14-,15+/m1/s1. The Hall–Kier alpha value is -1.92. The minimum atomic E-state index is -0.631. The Kier molecular flexibility index (Phi) is 6.50. The molecule has 1 fully saturated rings. The van der Waals surface area contributed by atoms with Gasteiger partial charge in [-0.25, -0.2) is 4.39 Å². The summed E-state index contributed by atoms with van der Waals surface area (Å²) in [5, 5.41) is 2.98. The molecule has 2 amide bonds. The number of benzene rings is 1. The van der Waals surface area contributed by atoms with Crippen LogP contribution in [0.1, 0.15) is 29.6 Å². The van der Waals surface area contributed by atoms with Crippen LogP contribution in [0.15, 0.2) is 30.4 Å². The van der Waals surface area contributed by atoms with Crippen LogP contribution in [0.25, 0.3) is 0 Å². The van der Waals surface area contributed by atoms with Crippen LogP contribution in [0.4, 0.5) is 4.39 Å². The summed E-state index contributed by atoms with van der Waals surface area (Å²) in [4.78, 5) is 29.3. The van der Waals surface area contributed by atoms with Crippen LogP contribution in [0.3, 0.4) is 0 Å². The lowest BCUT2D eigenvalue weighted by atomic mass is 9.99. The van der Waals surface area contributed by atoms with E-state index < -0.39 is 11.7 Å². The SMILES string of the molecule is CN1C[C@@H](NC(=O)c2c(F)cccc2Cl)CC[C@@H](C(=O)N2CC=CCC2)C1. The molecule has 2 aliphatic heterocycles. The van der Waals surface area contributed by atoms with E-state index in [2.05, 4.69) is 16.3 Å². The molecular formula is C20H25ClFN3O2. The number of hydrogen-bond acceptors (Lipinski definition) is 3. The maximum atomic E-state index is 14.0. The Morgan fingerprint density at radius 3 is 2.74 bits per heavy atom. The van der Waals surface area contributed by atoms with Crippen LogP contribution in [-0.2, 0) is 4.79 Å². The largest absolute Gasteiger partial charge is 0.348 e. The fourth-order valence-corrected chi connectivity index (χ4v) is 4.05. The van der Waals surface area contributed by atoms with Gasteiger partial charge in [0.25, 0.3) is 5.91 Å². The summed E-state index contributed by atoms with van der Waals surface area (Å²) < 4.78 is 14.0. The average molecular weight is 394 g/mol. The van der Waals surface area contributed by atoms with E-state index in [1.54, 1.807) is 0 Å². The van der Waals surface area contributed by atoms with Gasteiger partial charge in [0, 0.05) is 32.2 Å². The van der Waals surface area contributed by atoms with Gasteiger partial charge in [0.15, 0.2) is 0 Å². The topological polar surface area (TPSA) is 52.7 Å². The van der Waals surface area contributed by atoms with Crippen LogP contribution >= 0.6 is 11.6 Å². The fraction of sp³-hybridized carbons (Fsp3) is 0.500. The summed E-state index contributed by atoms with van der Waals surface area (Å²) in [5.74, 6) is -1.05. The first kappa shape index (κ1) is 19.8. The van der Waals surface area contributed by atoms with Gasteiger partial charge in [-0.05, 0) is 38.4 Å². The molecule has 0 radical (unpaired) electrons. The monoisotopic (exact) mass is 393 g/mol. The van der Waals surface area contributed by atoms with E-state index in [9.17, 15) is 14.0 Å². The molecule has 2 aliphatic rings. The first-order valence-corrected chi connectivity index (χ1v) is 9.70. The van der Waals surface area contributed by atoms with Gasteiger partial charge >= 0.3 is 0 Å². The van der Waals surface area contributed by atoms with Gasteiger partial charge in [-0.2, -0.15) is 0 Å². The zero-order valence-corrected chi connectivity index (χ0v) is 16.2. The maximum absolute atomic E-state index is 14.0. The number of hydrogen-bond donors (Lipinski definition) is 1. The number of nitrogens with zero attached hydrogens (tertiary/aromatic N) is 2. The number of likely N-dealkylation sites (N-methyl/N-ethyl adjacent to an activating group) is 1. The number of carbonyl (C=O) groups excluding carboxylic acids is 2. The highest BCUT2D eigenvalue weighted by atomic mass is 35.5. The molecule has 1 aromatic carbocycles. The van der Waals surface area contributed by atoms with Crippen molar-refractivity contribution in [3.8, 4) is 0 Å². The first-order valence-electron chi connectivity index (χ1n) is 9.33. The van der Waals surface area contributed by atoms with Crippen molar-refractivity contribution in [2.45, 2.75) is 25.3 Å². The molecule has 2 atom stereocenters. The van der Waals surface area contributed by atoms with Crippen molar-refractivity contribution in [2.75, 3.05) is 33.2 Å². The lowest BCUT2D eigenvalue weighted by Crippen LogP contribution is -2.43. The smallest absolute Gasteiger partial charge is 0.256 e. The molecule has 0 unspecified atom stereocenters. The molecule has 146 valence electrons. The summed E-state index contributed by atoms with van der Waals surface area (Å²) >= 11 is 5.99. The van der Waals surface area contributed by atoms with Crippen molar-refractivity contribution < 1.29 is 14.0 Å². The molecule has 0 spiro atoms. The van der Waals surface area contributed by atoms with Crippen molar-refractivity contribution in [2.24, 2.45) is 5.92 Å². The first-order chi connectivity index (χ1) is 13.0. The number of nitrogens with one attached hydrogen (secondary N) is 1. The Morgan fingerprint density at radius 1 is 1.22 bits per heavy atom. The van der Waals surface area contributed by atoms with Crippen molar-refractivity contribution in [1.82, 2.24) is 15.1 Å². The quantitative estimate of drug-likeness (QED) is 0.803. The summed E-state index contributed by atoms with van der Waals surface area (Å²) in [6, 6.07) is 4.04. The van der Waals surface area contributed by atoms with Crippen molar-refractivity contribution in [3.05, 3.63) is 46.8 Å². The molecule has 5 nitrogen and oxygen atoms in total. The third kappa shape index (κ3) is 4.87. The zero-order valence-electron chi connectivity index (χ0n) is 15.5. The van der Waals surface area contributed by atoms with Crippen LogP contribution in [0.2, 0.25) is 5.02 Å². The van der Waals surface area contributed by atoms with E-state index in [4.69, 9.17) is 11.6 Å². The molecule has 0 saturated carbocycles. The predicted molar refractivity (Wildman–Crippen MR) is 103 cm³/mol. The highest BCUT2D eigenvalue weighted by Gasteiger charge is 2.31. The molecule has 1 aromatic rings. The predicted octanol–water partition coefficient (Wildman–Crippen LogP) is 2.71. The normalized spacial score (nSPS) is 23.7. The summed E-state index contributed by atoms with van der Waals surface area (Å²) in [6.45, 7) is 2.71. The molecule has 27 heavy (non-hydrogen) atoms. The van der Waals surface area contributed by atoms with Crippen LogP contribution < -0.4 is 5.32 Å². The zero-order chi connectivity index (χ0) is 19.4. The molecule has 0 aromatic heterocycles. The highest BCUT2D eigenvalue weighted by Crippen LogP contribution is 2.22. The summed E-state index contributed by atoms with van der Waals surface area (Å²) in [5.41, 5.74) is -0.126. The second kappa shape index (κ2) is 8.85. The average Bonchev–Trinajstić information content (AvgIpc) is 2.82. The minimum Gasteiger partial charge on any atom is -0.348 e. The van der Waals surface area contributed by atoms with Gasteiger partial charge in [-0.1, -0.05) is 29.8 Å². The van der Waals surface area contributed by atoms with E-state index in [0.29, 0.717) is 32.5 Å². The lowest BCUT2D eigenvalue weighted by molar-refractivity contribution is -0.135. The van der Waals surface area contributed by atoms with Crippen LogP contribution in [-0.4, -0.2) is 60.9 Å². The number of rotatable bonds is 3. The number of amides is 2.